The molecule has 1 fully saturated rings. The smallest absolute Gasteiger partial charge is 0.251 e. The highest BCUT2D eigenvalue weighted by Gasteiger charge is 2.52. The van der Waals surface area contributed by atoms with Gasteiger partial charge < -0.3 is 15.1 Å². The van der Waals surface area contributed by atoms with E-state index in [2.05, 4.69) is 4.98 Å². The molecule has 6 heteroatoms. The molecule has 98 valence electrons. The summed E-state index contributed by atoms with van der Waals surface area (Å²) in [7, 11) is 0. The zero-order valence-electron chi connectivity index (χ0n) is 10.4. The number of likely N-dealkylation sites (tertiary alicyclic amines) is 1. The number of oxazole rings is 1. The van der Waals surface area contributed by atoms with Gasteiger partial charge in [-0.2, -0.15) is 0 Å². The molecule has 1 saturated heterocycles. The Bertz CT molecular complexity index is 443. The van der Waals surface area contributed by atoms with Gasteiger partial charge in [-0.05, 0) is 19.3 Å². The molecule has 1 atom stereocenters. The number of amides is 2. The second-order valence-corrected chi connectivity index (χ2v) is 4.49. The van der Waals surface area contributed by atoms with Crippen LogP contribution in [0.1, 0.15) is 38.4 Å². The quantitative estimate of drug-likeness (QED) is 0.856. The summed E-state index contributed by atoms with van der Waals surface area (Å²) in [6.07, 6.45) is 5.08. The zero-order valence-corrected chi connectivity index (χ0v) is 10.4. The van der Waals surface area contributed by atoms with Gasteiger partial charge in [-0.1, -0.05) is 6.92 Å². The Labute approximate surface area is 105 Å². The van der Waals surface area contributed by atoms with E-state index in [-0.39, 0.29) is 5.91 Å². The molecule has 0 aromatic carbocycles. The largest absolute Gasteiger partial charge is 0.445 e. The number of carbonyl (C=O) groups is 2. The monoisotopic (exact) mass is 251 g/mol. The molecule has 1 aliphatic heterocycles. The molecule has 0 aliphatic carbocycles. The van der Waals surface area contributed by atoms with Crippen LogP contribution in [0.4, 0.5) is 0 Å². The summed E-state index contributed by atoms with van der Waals surface area (Å²) in [6, 6.07) is 0. The average Bonchev–Trinajstić information content (AvgIpc) is 2.98. The topological polar surface area (TPSA) is 89.4 Å². The van der Waals surface area contributed by atoms with Gasteiger partial charge in [-0.3, -0.25) is 9.59 Å². The Morgan fingerprint density at radius 1 is 1.61 bits per heavy atom. The lowest BCUT2D eigenvalue weighted by atomic mass is 9.92. The maximum atomic E-state index is 12.1. The molecule has 18 heavy (non-hydrogen) atoms. The van der Waals surface area contributed by atoms with Crippen molar-refractivity contribution in [3.8, 4) is 0 Å². The lowest BCUT2D eigenvalue weighted by Gasteiger charge is -2.33. The first-order valence-electron chi connectivity index (χ1n) is 6.12. The summed E-state index contributed by atoms with van der Waals surface area (Å²) >= 11 is 0. The van der Waals surface area contributed by atoms with Crippen molar-refractivity contribution >= 4 is 11.8 Å². The molecular weight excluding hydrogens is 234 g/mol. The minimum atomic E-state index is -1.15. The Kier molecular flexibility index (Phi) is 3.36. The fourth-order valence-electron chi connectivity index (χ4n) is 2.56. The van der Waals surface area contributed by atoms with Gasteiger partial charge in [0, 0.05) is 13.0 Å². The first-order valence-corrected chi connectivity index (χ1v) is 6.12. The van der Waals surface area contributed by atoms with Crippen LogP contribution in [0.15, 0.2) is 17.0 Å². The van der Waals surface area contributed by atoms with Crippen LogP contribution in [0.5, 0.6) is 0 Å². The summed E-state index contributed by atoms with van der Waals surface area (Å²) < 4.78 is 5.23. The van der Waals surface area contributed by atoms with Crippen LogP contribution in [-0.2, 0) is 15.1 Å². The summed E-state index contributed by atoms with van der Waals surface area (Å²) in [5.74, 6) is -0.261. The van der Waals surface area contributed by atoms with Gasteiger partial charge in [0.25, 0.3) is 5.91 Å². The van der Waals surface area contributed by atoms with E-state index >= 15 is 0 Å². The number of nitrogens with zero attached hydrogens (tertiary/aromatic N) is 2. The number of carbonyl (C=O) groups excluding carboxylic acids is 2. The molecule has 0 spiro atoms. The van der Waals surface area contributed by atoms with Gasteiger partial charge in [0.1, 0.15) is 0 Å². The predicted octanol–water partition coefficient (Wildman–Crippen LogP) is 0.778. The van der Waals surface area contributed by atoms with Crippen LogP contribution in [0, 0.1) is 0 Å². The van der Waals surface area contributed by atoms with Crippen LogP contribution < -0.4 is 5.73 Å². The molecule has 1 aromatic rings. The Balaban J connectivity index is 2.40. The molecule has 0 saturated carbocycles. The second kappa shape index (κ2) is 4.80. The lowest BCUT2D eigenvalue weighted by molar-refractivity contribution is -0.145. The van der Waals surface area contributed by atoms with Crippen molar-refractivity contribution in [1.82, 2.24) is 9.88 Å². The summed E-state index contributed by atoms with van der Waals surface area (Å²) in [5.41, 5.74) is 4.38. The standard InChI is InChI=1S/C12H17N3O3/c1-2-4-10(16)15-6-3-5-12(15,11(13)17)9-7-14-8-18-9/h7-8H,2-6H2,1H3,(H2,13,17). The van der Waals surface area contributed by atoms with Crippen LogP contribution in [0.2, 0.25) is 0 Å². The molecule has 0 bridgehead atoms. The highest BCUT2D eigenvalue weighted by Crippen LogP contribution is 2.39. The van der Waals surface area contributed by atoms with Crippen molar-refractivity contribution in [3.63, 3.8) is 0 Å². The van der Waals surface area contributed by atoms with E-state index in [0.717, 1.165) is 12.8 Å². The number of aromatic nitrogens is 1. The lowest BCUT2D eigenvalue weighted by Crippen LogP contribution is -2.53. The molecule has 2 amide bonds. The average molecular weight is 251 g/mol. The molecule has 2 N–H and O–H groups in total. The molecule has 2 heterocycles. The summed E-state index contributed by atoms with van der Waals surface area (Å²) in [6.45, 7) is 2.46. The third-order valence-electron chi connectivity index (χ3n) is 3.39. The van der Waals surface area contributed by atoms with E-state index in [1.54, 1.807) is 4.90 Å². The predicted molar refractivity (Wildman–Crippen MR) is 63.2 cm³/mol. The summed E-state index contributed by atoms with van der Waals surface area (Å²) in [4.78, 5) is 29.4. The van der Waals surface area contributed by atoms with Crippen molar-refractivity contribution in [2.24, 2.45) is 5.73 Å². The first kappa shape index (κ1) is 12.6. The maximum absolute atomic E-state index is 12.1. The SMILES string of the molecule is CCCC(=O)N1CCCC1(C(N)=O)c1cnco1. The van der Waals surface area contributed by atoms with Gasteiger partial charge in [-0.15, -0.1) is 0 Å². The fraction of sp³-hybridized carbons (Fsp3) is 0.583. The van der Waals surface area contributed by atoms with E-state index in [9.17, 15) is 9.59 Å². The molecule has 1 aliphatic rings. The van der Waals surface area contributed by atoms with Gasteiger partial charge in [-0.25, -0.2) is 4.98 Å². The zero-order chi connectivity index (χ0) is 13.2. The Hall–Kier alpha value is -1.85. The van der Waals surface area contributed by atoms with Crippen molar-refractivity contribution < 1.29 is 14.0 Å². The number of hydrogen-bond acceptors (Lipinski definition) is 4. The van der Waals surface area contributed by atoms with Crippen LogP contribution in [-0.4, -0.2) is 28.2 Å². The van der Waals surface area contributed by atoms with Gasteiger partial charge in [0.15, 0.2) is 17.7 Å². The van der Waals surface area contributed by atoms with E-state index in [4.69, 9.17) is 10.2 Å². The highest BCUT2D eigenvalue weighted by molar-refractivity contribution is 5.91. The van der Waals surface area contributed by atoms with Crippen molar-refractivity contribution in [2.75, 3.05) is 6.54 Å². The molecule has 0 radical (unpaired) electrons. The molecular formula is C12H17N3O3. The molecule has 1 aromatic heterocycles. The minimum absolute atomic E-state index is 0.0646. The van der Waals surface area contributed by atoms with E-state index < -0.39 is 11.4 Å². The van der Waals surface area contributed by atoms with Crippen molar-refractivity contribution in [1.29, 1.82) is 0 Å². The summed E-state index contributed by atoms with van der Waals surface area (Å²) in [5, 5.41) is 0. The Morgan fingerprint density at radius 3 is 2.94 bits per heavy atom. The van der Waals surface area contributed by atoms with Gasteiger partial charge in [0.05, 0.1) is 6.20 Å². The van der Waals surface area contributed by atoms with Crippen molar-refractivity contribution in [2.45, 2.75) is 38.1 Å². The first-order chi connectivity index (χ1) is 8.63. The third kappa shape index (κ3) is 1.77. The minimum Gasteiger partial charge on any atom is -0.445 e. The highest BCUT2D eigenvalue weighted by atomic mass is 16.3. The fourth-order valence-corrected chi connectivity index (χ4v) is 2.56. The van der Waals surface area contributed by atoms with Crippen LogP contribution >= 0.6 is 0 Å². The molecule has 2 rings (SSSR count). The normalized spacial score (nSPS) is 23.3. The van der Waals surface area contributed by atoms with Crippen LogP contribution in [0.3, 0.4) is 0 Å². The molecule has 6 nitrogen and oxygen atoms in total. The Morgan fingerprint density at radius 2 is 2.39 bits per heavy atom. The van der Waals surface area contributed by atoms with Crippen molar-refractivity contribution in [3.05, 3.63) is 18.4 Å². The maximum Gasteiger partial charge on any atom is 0.251 e. The second-order valence-electron chi connectivity index (χ2n) is 4.49. The molecule has 1 unspecified atom stereocenters. The van der Waals surface area contributed by atoms with E-state index in [0.29, 0.717) is 25.1 Å². The number of rotatable bonds is 4. The number of hydrogen-bond donors (Lipinski definition) is 1. The van der Waals surface area contributed by atoms with E-state index in [1.807, 2.05) is 6.92 Å². The van der Waals surface area contributed by atoms with Gasteiger partial charge >= 0.3 is 0 Å². The number of nitrogens with two attached hydrogens (primary N) is 1. The van der Waals surface area contributed by atoms with E-state index in [1.165, 1.54) is 12.6 Å². The van der Waals surface area contributed by atoms with Gasteiger partial charge in [0.2, 0.25) is 5.91 Å². The number of primary amides is 1. The third-order valence-corrected chi connectivity index (χ3v) is 3.39. The van der Waals surface area contributed by atoms with Crippen LogP contribution in [0.25, 0.3) is 0 Å².